The molecule has 2 rings (SSSR count). The Morgan fingerprint density at radius 1 is 1.38 bits per heavy atom. The van der Waals surface area contributed by atoms with E-state index in [1.807, 2.05) is 13.0 Å². The van der Waals surface area contributed by atoms with Crippen molar-refractivity contribution in [3.8, 4) is 0 Å². The number of nitrogens with one attached hydrogen (secondary N) is 1. The molecule has 0 spiro atoms. The SMILES string of the molecule is Cc1cc(F)cc(NCC2CCC(C)O2)c1. The zero-order valence-electron chi connectivity index (χ0n) is 9.79. The molecule has 2 atom stereocenters. The van der Waals surface area contributed by atoms with Gasteiger partial charge in [-0.05, 0) is 50.5 Å². The van der Waals surface area contributed by atoms with Gasteiger partial charge in [-0.15, -0.1) is 0 Å². The highest BCUT2D eigenvalue weighted by molar-refractivity contribution is 5.46. The van der Waals surface area contributed by atoms with E-state index in [2.05, 4.69) is 12.2 Å². The normalized spacial score (nSPS) is 24.7. The third-order valence-corrected chi connectivity index (χ3v) is 2.90. The number of halogens is 1. The molecule has 0 bridgehead atoms. The first-order valence-electron chi connectivity index (χ1n) is 5.80. The lowest BCUT2D eigenvalue weighted by Gasteiger charge is -2.13. The van der Waals surface area contributed by atoms with Crippen LogP contribution in [0.5, 0.6) is 0 Å². The van der Waals surface area contributed by atoms with Gasteiger partial charge in [0.1, 0.15) is 5.82 Å². The van der Waals surface area contributed by atoms with Crippen LogP contribution in [0.25, 0.3) is 0 Å². The average Bonchev–Trinajstić information content (AvgIpc) is 2.60. The van der Waals surface area contributed by atoms with Crippen molar-refractivity contribution in [2.24, 2.45) is 0 Å². The molecule has 0 aliphatic carbocycles. The molecule has 0 radical (unpaired) electrons. The predicted molar refractivity (Wildman–Crippen MR) is 63.2 cm³/mol. The summed E-state index contributed by atoms with van der Waals surface area (Å²) < 4.78 is 18.8. The van der Waals surface area contributed by atoms with E-state index >= 15 is 0 Å². The van der Waals surface area contributed by atoms with E-state index in [1.165, 1.54) is 12.1 Å². The summed E-state index contributed by atoms with van der Waals surface area (Å²) >= 11 is 0. The van der Waals surface area contributed by atoms with Gasteiger partial charge >= 0.3 is 0 Å². The van der Waals surface area contributed by atoms with Crippen molar-refractivity contribution in [3.05, 3.63) is 29.6 Å². The summed E-state index contributed by atoms with van der Waals surface area (Å²) in [6, 6.07) is 4.99. The molecule has 3 heteroatoms. The molecule has 1 aliphatic heterocycles. The minimum absolute atomic E-state index is 0.191. The summed E-state index contributed by atoms with van der Waals surface area (Å²) in [7, 11) is 0. The lowest BCUT2D eigenvalue weighted by Crippen LogP contribution is -2.19. The predicted octanol–water partition coefficient (Wildman–Crippen LogP) is 3.11. The van der Waals surface area contributed by atoms with Crippen LogP contribution in [0, 0.1) is 12.7 Å². The molecule has 16 heavy (non-hydrogen) atoms. The molecule has 0 saturated carbocycles. The highest BCUT2D eigenvalue weighted by Gasteiger charge is 2.21. The number of aryl methyl sites for hydroxylation is 1. The van der Waals surface area contributed by atoms with Crippen molar-refractivity contribution in [3.63, 3.8) is 0 Å². The third kappa shape index (κ3) is 2.95. The molecule has 88 valence electrons. The van der Waals surface area contributed by atoms with Crippen molar-refractivity contribution in [2.45, 2.75) is 38.9 Å². The summed E-state index contributed by atoms with van der Waals surface area (Å²) in [5.41, 5.74) is 1.77. The van der Waals surface area contributed by atoms with Crippen LogP contribution in [0.1, 0.15) is 25.3 Å². The van der Waals surface area contributed by atoms with Crippen molar-refractivity contribution >= 4 is 5.69 Å². The maximum absolute atomic E-state index is 13.1. The third-order valence-electron chi connectivity index (χ3n) is 2.90. The quantitative estimate of drug-likeness (QED) is 0.850. The summed E-state index contributed by atoms with van der Waals surface area (Å²) in [5.74, 6) is -0.191. The Hall–Kier alpha value is -1.09. The van der Waals surface area contributed by atoms with E-state index in [4.69, 9.17) is 4.74 Å². The molecule has 0 amide bonds. The summed E-state index contributed by atoms with van der Waals surface area (Å²) in [6.07, 6.45) is 2.83. The highest BCUT2D eigenvalue weighted by atomic mass is 19.1. The molecule has 1 heterocycles. The van der Waals surface area contributed by atoms with Crippen LogP contribution in [0.2, 0.25) is 0 Å². The minimum Gasteiger partial charge on any atom is -0.382 e. The zero-order valence-corrected chi connectivity index (χ0v) is 9.79. The Bertz CT molecular complexity index is 347. The van der Waals surface area contributed by atoms with Gasteiger partial charge in [-0.2, -0.15) is 0 Å². The van der Waals surface area contributed by atoms with Crippen molar-refractivity contribution in [1.29, 1.82) is 0 Å². The summed E-state index contributed by atoms with van der Waals surface area (Å²) in [6.45, 7) is 4.74. The Labute approximate surface area is 95.8 Å². The summed E-state index contributed by atoms with van der Waals surface area (Å²) in [4.78, 5) is 0. The fraction of sp³-hybridized carbons (Fsp3) is 0.538. The van der Waals surface area contributed by atoms with Crippen LogP contribution in [-0.4, -0.2) is 18.8 Å². The fourth-order valence-electron chi connectivity index (χ4n) is 2.11. The van der Waals surface area contributed by atoms with Crippen LogP contribution in [0.4, 0.5) is 10.1 Å². The maximum atomic E-state index is 13.1. The monoisotopic (exact) mass is 223 g/mol. The van der Waals surface area contributed by atoms with Crippen molar-refractivity contribution < 1.29 is 9.13 Å². The Morgan fingerprint density at radius 2 is 2.19 bits per heavy atom. The minimum atomic E-state index is -0.191. The molecular formula is C13H18FNO. The molecule has 1 aliphatic rings. The van der Waals surface area contributed by atoms with E-state index in [1.54, 1.807) is 0 Å². The van der Waals surface area contributed by atoms with E-state index in [9.17, 15) is 4.39 Å². The van der Waals surface area contributed by atoms with E-state index < -0.39 is 0 Å². The van der Waals surface area contributed by atoms with Crippen LogP contribution >= 0.6 is 0 Å². The summed E-state index contributed by atoms with van der Waals surface area (Å²) in [5, 5.41) is 3.22. The maximum Gasteiger partial charge on any atom is 0.125 e. The molecule has 0 aromatic heterocycles. The number of rotatable bonds is 3. The molecule has 1 aromatic carbocycles. The van der Waals surface area contributed by atoms with Crippen LogP contribution in [0.15, 0.2) is 18.2 Å². The first-order valence-corrected chi connectivity index (χ1v) is 5.80. The van der Waals surface area contributed by atoms with Gasteiger partial charge in [-0.3, -0.25) is 0 Å². The molecule has 2 unspecified atom stereocenters. The zero-order chi connectivity index (χ0) is 11.5. The molecule has 1 saturated heterocycles. The Morgan fingerprint density at radius 3 is 2.81 bits per heavy atom. The van der Waals surface area contributed by atoms with Gasteiger partial charge in [0.2, 0.25) is 0 Å². The van der Waals surface area contributed by atoms with Gasteiger partial charge in [0.25, 0.3) is 0 Å². The standard InChI is InChI=1S/C13H18FNO/c1-9-5-11(14)7-12(6-9)15-8-13-4-3-10(2)16-13/h5-7,10,13,15H,3-4,8H2,1-2H3. The molecule has 1 N–H and O–H groups in total. The first kappa shape index (κ1) is 11.4. The second-order valence-electron chi connectivity index (χ2n) is 4.54. The van der Waals surface area contributed by atoms with Crippen molar-refractivity contribution in [2.75, 3.05) is 11.9 Å². The van der Waals surface area contributed by atoms with Gasteiger partial charge in [-0.1, -0.05) is 0 Å². The lowest BCUT2D eigenvalue weighted by atomic mass is 10.2. The molecule has 1 fully saturated rings. The highest BCUT2D eigenvalue weighted by Crippen LogP contribution is 2.20. The number of ether oxygens (including phenoxy) is 1. The van der Waals surface area contributed by atoms with Gasteiger partial charge < -0.3 is 10.1 Å². The number of anilines is 1. The largest absolute Gasteiger partial charge is 0.382 e. The fourth-order valence-corrected chi connectivity index (χ4v) is 2.11. The van der Waals surface area contributed by atoms with E-state index in [0.29, 0.717) is 6.10 Å². The number of hydrogen-bond donors (Lipinski definition) is 1. The van der Waals surface area contributed by atoms with Crippen LogP contribution in [-0.2, 0) is 4.74 Å². The average molecular weight is 223 g/mol. The van der Waals surface area contributed by atoms with Gasteiger partial charge in [0, 0.05) is 12.2 Å². The van der Waals surface area contributed by atoms with Gasteiger partial charge in [-0.25, -0.2) is 4.39 Å². The molecule has 2 nitrogen and oxygen atoms in total. The number of benzene rings is 1. The Kier molecular flexibility index (Phi) is 3.44. The van der Waals surface area contributed by atoms with E-state index in [-0.39, 0.29) is 11.9 Å². The van der Waals surface area contributed by atoms with E-state index in [0.717, 1.165) is 30.6 Å². The first-order chi connectivity index (χ1) is 7.63. The smallest absolute Gasteiger partial charge is 0.125 e. The molecular weight excluding hydrogens is 205 g/mol. The number of hydrogen-bond acceptors (Lipinski definition) is 2. The lowest BCUT2D eigenvalue weighted by molar-refractivity contribution is 0.0637. The second kappa shape index (κ2) is 4.83. The van der Waals surface area contributed by atoms with Crippen molar-refractivity contribution in [1.82, 2.24) is 0 Å². The van der Waals surface area contributed by atoms with Crippen LogP contribution < -0.4 is 5.32 Å². The Balaban J connectivity index is 1.89. The van der Waals surface area contributed by atoms with Gasteiger partial charge in [0.15, 0.2) is 0 Å². The topological polar surface area (TPSA) is 21.3 Å². The second-order valence-corrected chi connectivity index (χ2v) is 4.54. The van der Waals surface area contributed by atoms with Gasteiger partial charge in [0.05, 0.1) is 12.2 Å². The molecule has 1 aromatic rings. The van der Waals surface area contributed by atoms with Crippen LogP contribution in [0.3, 0.4) is 0 Å².